The van der Waals surface area contributed by atoms with Crippen molar-refractivity contribution in [2.45, 2.75) is 45.1 Å². The molecule has 0 radical (unpaired) electrons. The highest BCUT2D eigenvalue weighted by atomic mass is 16.6. The summed E-state index contributed by atoms with van der Waals surface area (Å²) in [6, 6.07) is 8.03. The van der Waals surface area contributed by atoms with Crippen molar-refractivity contribution >= 4 is 6.09 Å². The van der Waals surface area contributed by atoms with E-state index in [1.54, 1.807) is 11.1 Å². The number of amides is 1. The molecule has 0 spiro atoms. The number of carbonyl (C=O) groups is 1. The van der Waals surface area contributed by atoms with Gasteiger partial charge < -0.3 is 9.64 Å². The van der Waals surface area contributed by atoms with Gasteiger partial charge in [0, 0.05) is 19.3 Å². The molecule has 1 saturated heterocycles. The van der Waals surface area contributed by atoms with Crippen LogP contribution in [-0.2, 0) is 4.74 Å². The van der Waals surface area contributed by atoms with E-state index in [0.717, 1.165) is 18.5 Å². The van der Waals surface area contributed by atoms with Crippen molar-refractivity contribution < 1.29 is 9.53 Å². The van der Waals surface area contributed by atoms with Gasteiger partial charge in [-0.05, 0) is 51.7 Å². The van der Waals surface area contributed by atoms with E-state index in [1.807, 2.05) is 39.0 Å². The first-order valence-corrected chi connectivity index (χ1v) is 7.69. The molecule has 1 fully saturated rings. The van der Waals surface area contributed by atoms with Gasteiger partial charge in [0.25, 0.3) is 0 Å². The smallest absolute Gasteiger partial charge is 0.410 e. The van der Waals surface area contributed by atoms with Crippen LogP contribution in [0.25, 0.3) is 0 Å². The van der Waals surface area contributed by atoms with Crippen LogP contribution in [0.1, 0.15) is 45.2 Å². The van der Waals surface area contributed by atoms with Crippen molar-refractivity contribution in [3.05, 3.63) is 30.1 Å². The lowest BCUT2D eigenvalue weighted by atomic mass is 9.83. The molecule has 5 nitrogen and oxygen atoms in total. The number of piperidine rings is 1. The molecule has 0 aliphatic carbocycles. The number of nitrogens with zero attached hydrogens (tertiary/aromatic N) is 3. The van der Waals surface area contributed by atoms with Crippen LogP contribution < -0.4 is 0 Å². The highest BCUT2D eigenvalue weighted by Gasteiger charge is 2.31. The summed E-state index contributed by atoms with van der Waals surface area (Å²) in [4.78, 5) is 18.1. The van der Waals surface area contributed by atoms with Crippen molar-refractivity contribution in [1.82, 2.24) is 9.88 Å². The molecule has 0 saturated carbocycles. The number of pyridine rings is 1. The van der Waals surface area contributed by atoms with Gasteiger partial charge >= 0.3 is 6.09 Å². The third-order valence-corrected chi connectivity index (χ3v) is 3.81. The van der Waals surface area contributed by atoms with Crippen LogP contribution in [0.15, 0.2) is 24.4 Å². The maximum absolute atomic E-state index is 12.1. The van der Waals surface area contributed by atoms with Gasteiger partial charge in [-0.2, -0.15) is 5.26 Å². The van der Waals surface area contributed by atoms with Crippen molar-refractivity contribution in [3.8, 4) is 6.07 Å². The van der Waals surface area contributed by atoms with Crippen molar-refractivity contribution in [1.29, 1.82) is 5.26 Å². The molecule has 2 rings (SSSR count). The summed E-state index contributed by atoms with van der Waals surface area (Å²) in [6.07, 6.45) is 3.05. The van der Waals surface area contributed by atoms with Crippen LogP contribution in [0.3, 0.4) is 0 Å². The van der Waals surface area contributed by atoms with Gasteiger partial charge in [-0.1, -0.05) is 6.07 Å². The zero-order valence-electron chi connectivity index (χ0n) is 13.5. The normalized spacial score (nSPS) is 17.6. The summed E-state index contributed by atoms with van der Waals surface area (Å²) in [7, 11) is 0. The molecule has 0 N–H and O–H groups in total. The fourth-order valence-corrected chi connectivity index (χ4v) is 2.71. The Hall–Kier alpha value is -2.09. The van der Waals surface area contributed by atoms with E-state index in [0.29, 0.717) is 13.1 Å². The Morgan fingerprint density at radius 3 is 2.59 bits per heavy atom. The maximum Gasteiger partial charge on any atom is 0.410 e. The molecule has 1 aliphatic heterocycles. The minimum absolute atomic E-state index is 0.206. The Labute approximate surface area is 131 Å². The topological polar surface area (TPSA) is 66.2 Å². The third-order valence-electron chi connectivity index (χ3n) is 3.81. The van der Waals surface area contributed by atoms with Crippen LogP contribution in [-0.4, -0.2) is 34.7 Å². The van der Waals surface area contributed by atoms with E-state index in [-0.39, 0.29) is 17.9 Å². The summed E-state index contributed by atoms with van der Waals surface area (Å²) in [5.74, 6) is 0.0283. The molecule has 5 heteroatoms. The Bertz CT molecular complexity index is 537. The summed E-state index contributed by atoms with van der Waals surface area (Å²) >= 11 is 0. The van der Waals surface area contributed by atoms with Crippen molar-refractivity contribution in [2.75, 3.05) is 13.1 Å². The summed E-state index contributed by atoms with van der Waals surface area (Å²) in [5, 5.41) is 9.46. The fourth-order valence-electron chi connectivity index (χ4n) is 2.71. The highest BCUT2D eigenvalue weighted by molar-refractivity contribution is 5.68. The lowest BCUT2D eigenvalue weighted by molar-refractivity contribution is 0.0179. The zero-order valence-corrected chi connectivity index (χ0v) is 13.5. The molecule has 118 valence electrons. The molecular weight excluding hydrogens is 278 g/mol. The first-order chi connectivity index (χ1) is 10.4. The predicted octanol–water partition coefficient (Wildman–Crippen LogP) is 3.34. The second-order valence-electron chi connectivity index (χ2n) is 6.67. The van der Waals surface area contributed by atoms with Crippen LogP contribution in [0.5, 0.6) is 0 Å². The first kappa shape index (κ1) is 16.3. The van der Waals surface area contributed by atoms with Gasteiger partial charge in [-0.3, -0.25) is 4.98 Å². The minimum atomic E-state index is -0.475. The molecule has 0 bridgehead atoms. The molecular formula is C17H23N3O2. The molecule has 1 atom stereocenters. The van der Waals surface area contributed by atoms with Gasteiger partial charge in [0.15, 0.2) is 0 Å². The van der Waals surface area contributed by atoms with Crippen LogP contribution in [0.4, 0.5) is 4.79 Å². The van der Waals surface area contributed by atoms with E-state index < -0.39 is 5.60 Å². The van der Waals surface area contributed by atoms with Gasteiger partial charge in [0.05, 0.1) is 17.7 Å². The molecule has 22 heavy (non-hydrogen) atoms. The molecule has 1 unspecified atom stereocenters. The summed E-state index contributed by atoms with van der Waals surface area (Å²) in [5.41, 5.74) is 0.345. The van der Waals surface area contributed by atoms with Crippen LogP contribution in [0.2, 0.25) is 0 Å². The van der Waals surface area contributed by atoms with Gasteiger partial charge in [-0.25, -0.2) is 4.79 Å². The Morgan fingerprint density at radius 1 is 1.41 bits per heavy atom. The monoisotopic (exact) mass is 301 g/mol. The lowest BCUT2D eigenvalue weighted by Gasteiger charge is -2.34. The fraction of sp³-hybridized carbons (Fsp3) is 0.588. The number of ether oxygens (including phenoxy) is 1. The molecule has 0 aromatic carbocycles. The molecule has 1 amide bonds. The Morgan fingerprint density at radius 2 is 2.09 bits per heavy atom. The number of hydrogen-bond donors (Lipinski definition) is 0. The standard InChI is InChI=1S/C17H23N3O2/c1-17(2,3)22-16(21)20-10-7-13(8-11-20)14(12-18)15-6-4-5-9-19-15/h4-6,9,13-14H,7-8,10-11H2,1-3H3. The Balaban J connectivity index is 1.94. The number of carbonyl (C=O) groups excluding carboxylic acids is 1. The summed E-state index contributed by atoms with van der Waals surface area (Å²) in [6.45, 7) is 6.86. The van der Waals surface area contributed by atoms with Crippen LogP contribution >= 0.6 is 0 Å². The highest BCUT2D eigenvalue weighted by Crippen LogP contribution is 2.31. The number of nitriles is 1. The zero-order chi connectivity index (χ0) is 16.2. The van der Waals surface area contributed by atoms with E-state index in [4.69, 9.17) is 4.74 Å². The number of rotatable bonds is 2. The lowest BCUT2D eigenvalue weighted by Crippen LogP contribution is -2.42. The average molecular weight is 301 g/mol. The number of hydrogen-bond acceptors (Lipinski definition) is 4. The van der Waals surface area contributed by atoms with E-state index in [9.17, 15) is 10.1 Å². The summed E-state index contributed by atoms with van der Waals surface area (Å²) < 4.78 is 5.39. The van der Waals surface area contributed by atoms with Crippen molar-refractivity contribution in [2.24, 2.45) is 5.92 Å². The maximum atomic E-state index is 12.1. The van der Waals surface area contributed by atoms with Crippen LogP contribution in [0, 0.1) is 17.2 Å². The Kier molecular flexibility index (Phi) is 5.02. The van der Waals surface area contributed by atoms with E-state index >= 15 is 0 Å². The molecule has 1 aliphatic rings. The third kappa shape index (κ3) is 4.20. The SMILES string of the molecule is CC(C)(C)OC(=O)N1CCC(C(C#N)c2ccccn2)CC1. The molecule has 2 heterocycles. The predicted molar refractivity (Wildman–Crippen MR) is 83.1 cm³/mol. The van der Waals surface area contributed by atoms with E-state index in [1.165, 1.54) is 0 Å². The largest absolute Gasteiger partial charge is 0.444 e. The van der Waals surface area contributed by atoms with Gasteiger partial charge in [0.2, 0.25) is 0 Å². The van der Waals surface area contributed by atoms with Gasteiger partial charge in [-0.15, -0.1) is 0 Å². The molecule has 1 aromatic rings. The van der Waals surface area contributed by atoms with Gasteiger partial charge in [0.1, 0.15) is 5.60 Å². The number of likely N-dealkylation sites (tertiary alicyclic amines) is 1. The second kappa shape index (κ2) is 6.78. The minimum Gasteiger partial charge on any atom is -0.444 e. The quantitative estimate of drug-likeness (QED) is 0.840. The van der Waals surface area contributed by atoms with Crippen molar-refractivity contribution in [3.63, 3.8) is 0 Å². The molecule has 1 aromatic heterocycles. The second-order valence-corrected chi connectivity index (χ2v) is 6.67. The average Bonchev–Trinajstić information content (AvgIpc) is 2.48. The van der Waals surface area contributed by atoms with E-state index in [2.05, 4.69) is 11.1 Å². The number of aromatic nitrogens is 1. The first-order valence-electron chi connectivity index (χ1n) is 7.69.